The molecule has 5 rings (SSSR count). The van der Waals surface area contributed by atoms with Crippen molar-refractivity contribution in [2.45, 2.75) is 6.04 Å². The normalized spacial score (nSPS) is 16.9. The van der Waals surface area contributed by atoms with E-state index in [1.54, 1.807) is 12.1 Å². The van der Waals surface area contributed by atoms with Crippen LogP contribution in [0, 0.1) is 10.1 Å². The summed E-state index contributed by atoms with van der Waals surface area (Å²) in [6, 6.07) is 9.02. The van der Waals surface area contributed by atoms with E-state index in [0.29, 0.717) is 15.8 Å². The molecule has 1 atom stereocenters. The molecule has 1 aliphatic heterocycles. The number of pyridine rings is 1. The number of hydrogen-bond acceptors (Lipinski definition) is 9. The maximum atomic E-state index is 13.4. The van der Waals surface area contributed by atoms with E-state index in [1.165, 1.54) is 49.8 Å². The summed E-state index contributed by atoms with van der Waals surface area (Å²) in [4.78, 5) is 47.1. The molecule has 0 aliphatic carbocycles. The van der Waals surface area contributed by atoms with Gasteiger partial charge in [-0.05, 0) is 29.8 Å². The Labute approximate surface area is 222 Å². The summed E-state index contributed by atoms with van der Waals surface area (Å²) < 4.78 is 5.77. The van der Waals surface area contributed by atoms with Crippen LogP contribution in [0.4, 0.5) is 10.8 Å². The number of carbonyl (C=O) groups excluding carboxylic acids is 2. The zero-order valence-electron chi connectivity index (χ0n) is 18.7. The Kier molecular flexibility index (Phi) is 6.28. The lowest BCUT2D eigenvalue weighted by molar-refractivity contribution is -0.384. The highest BCUT2D eigenvalue weighted by Gasteiger charge is 2.48. The first-order valence-electron chi connectivity index (χ1n) is 10.5. The van der Waals surface area contributed by atoms with Gasteiger partial charge in [-0.3, -0.25) is 29.6 Å². The van der Waals surface area contributed by atoms with Crippen LogP contribution in [0.2, 0.25) is 10.0 Å². The average molecular weight is 557 g/mol. The molecule has 0 radical (unpaired) electrons. The molecule has 186 valence electrons. The summed E-state index contributed by atoms with van der Waals surface area (Å²) in [6.45, 7) is 0. The molecule has 1 aliphatic rings. The van der Waals surface area contributed by atoms with Gasteiger partial charge in [0, 0.05) is 29.5 Å². The summed E-state index contributed by atoms with van der Waals surface area (Å²) in [5.74, 6) is -2.41. The van der Waals surface area contributed by atoms with E-state index < -0.39 is 28.4 Å². The molecule has 0 saturated carbocycles. The predicted octanol–water partition coefficient (Wildman–Crippen LogP) is 5.54. The number of aliphatic hydroxyl groups excluding tert-OH is 1. The Morgan fingerprint density at radius 3 is 2.68 bits per heavy atom. The molecule has 37 heavy (non-hydrogen) atoms. The topological polar surface area (TPSA) is 136 Å². The van der Waals surface area contributed by atoms with E-state index in [-0.39, 0.29) is 37.8 Å². The number of non-ortho nitro benzene ring substituents is 1. The average Bonchev–Trinajstić information content (AvgIpc) is 3.41. The van der Waals surface area contributed by atoms with Crippen LogP contribution in [0.1, 0.15) is 17.2 Å². The fraction of sp³-hybridized carbons (Fsp3) is 0.0833. The third kappa shape index (κ3) is 4.16. The van der Waals surface area contributed by atoms with Gasteiger partial charge in [-0.15, -0.1) is 0 Å². The third-order valence-corrected chi connectivity index (χ3v) is 7.21. The Morgan fingerprint density at radius 1 is 1.22 bits per heavy atom. The number of amides is 1. The molecule has 13 heteroatoms. The van der Waals surface area contributed by atoms with Gasteiger partial charge in [0.05, 0.1) is 44.5 Å². The van der Waals surface area contributed by atoms with Crippen LogP contribution < -0.4 is 9.64 Å². The van der Waals surface area contributed by atoms with Crippen molar-refractivity contribution in [3.8, 4) is 5.75 Å². The minimum Gasteiger partial charge on any atom is -0.507 e. The van der Waals surface area contributed by atoms with Gasteiger partial charge in [0.2, 0.25) is 0 Å². The second kappa shape index (κ2) is 9.43. The van der Waals surface area contributed by atoms with Crippen molar-refractivity contribution in [3.63, 3.8) is 0 Å². The maximum absolute atomic E-state index is 13.4. The number of carbonyl (C=O) groups is 2. The van der Waals surface area contributed by atoms with Crippen molar-refractivity contribution in [2.24, 2.45) is 0 Å². The fourth-order valence-corrected chi connectivity index (χ4v) is 5.69. The van der Waals surface area contributed by atoms with E-state index in [4.69, 9.17) is 27.9 Å². The van der Waals surface area contributed by atoms with Crippen molar-refractivity contribution in [1.82, 2.24) is 9.97 Å². The number of ether oxygens (including phenoxy) is 1. The lowest BCUT2D eigenvalue weighted by Crippen LogP contribution is -2.29. The molecule has 2 aromatic heterocycles. The van der Waals surface area contributed by atoms with E-state index in [1.807, 2.05) is 0 Å². The molecular weight excluding hydrogens is 543 g/mol. The Morgan fingerprint density at radius 2 is 2.00 bits per heavy atom. The lowest BCUT2D eigenvalue weighted by atomic mass is 9.96. The Bertz CT molecular complexity index is 1640. The maximum Gasteiger partial charge on any atom is 0.301 e. The summed E-state index contributed by atoms with van der Waals surface area (Å²) in [5.41, 5.74) is 0.450. The molecule has 0 bridgehead atoms. The summed E-state index contributed by atoms with van der Waals surface area (Å²) >= 11 is 13.4. The van der Waals surface area contributed by atoms with Gasteiger partial charge in [0.25, 0.3) is 11.5 Å². The molecular formula is C24H14Cl2N4O6S. The molecule has 1 saturated heterocycles. The van der Waals surface area contributed by atoms with E-state index in [9.17, 15) is 24.8 Å². The minimum atomic E-state index is -1.12. The number of fused-ring (bicyclic) bond motifs is 1. The molecule has 3 heterocycles. The molecule has 1 amide bonds. The first-order chi connectivity index (χ1) is 17.7. The number of rotatable bonds is 5. The number of halogens is 2. The number of benzene rings is 2. The molecule has 10 nitrogen and oxygen atoms in total. The number of hydrogen-bond donors (Lipinski definition) is 1. The monoisotopic (exact) mass is 556 g/mol. The van der Waals surface area contributed by atoms with Crippen molar-refractivity contribution in [1.29, 1.82) is 0 Å². The first kappa shape index (κ1) is 24.6. The fourth-order valence-electron chi connectivity index (χ4n) is 4.09. The summed E-state index contributed by atoms with van der Waals surface area (Å²) in [5, 5.41) is 23.0. The lowest BCUT2D eigenvalue weighted by Gasteiger charge is -2.22. The molecule has 0 spiro atoms. The first-order valence-corrected chi connectivity index (χ1v) is 12.1. The molecule has 1 N–H and O–H groups in total. The number of ketones is 1. The van der Waals surface area contributed by atoms with Gasteiger partial charge in [-0.1, -0.05) is 40.6 Å². The largest absolute Gasteiger partial charge is 0.507 e. The Balaban J connectivity index is 1.75. The number of aromatic nitrogens is 2. The van der Waals surface area contributed by atoms with Gasteiger partial charge in [0.1, 0.15) is 11.5 Å². The third-order valence-electron chi connectivity index (χ3n) is 5.69. The van der Waals surface area contributed by atoms with Gasteiger partial charge >= 0.3 is 5.91 Å². The number of aliphatic hydroxyl groups is 1. The number of nitro groups is 1. The smallest absolute Gasteiger partial charge is 0.301 e. The van der Waals surface area contributed by atoms with E-state index >= 15 is 0 Å². The summed E-state index contributed by atoms with van der Waals surface area (Å²) in [7, 11) is 1.34. The Hall–Kier alpha value is -4.06. The van der Waals surface area contributed by atoms with Crippen LogP contribution in [0.3, 0.4) is 0 Å². The number of anilines is 1. The van der Waals surface area contributed by atoms with Gasteiger partial charge in [0.15, 0.2) is 5.13 Å². The van der Waals surface area contributed by atoms with Crippen LogP contribution in [0.15, 0.2) is 60.4 Å². The number of Topliss-reactive ketones (excluding diaryl/α,β-unsaturated/α-hetero) is 1. The van der Waals surface area contributed by atoms with Crippen molar-refractivity contribution in [3.05, 3.63) is 91.7 Å². The van der Waals surface area contributed by atoms with Crippen LogP contribution in [0.25, 0.3) is 16.0 Å². The number of methoxy groups -OCH3 is 1. The highest BCUT2D eigenvalue weighted by molar-refractivity contribution is 7.22. The van der Waals surface area contributed by atoms with Crippen molar-refractivity contribution in [2.75, 3.05) is 12.0 Å². The highest BCUT2D eigenvalue weighted by Crippen LogP contribution is 2.46. The highest BCUT2D eigenvalue weighted by atomic mass is 35.5. The quantitative estimate of drug-likeness (QED) is 0.111. The zero-order valence-corrected chi connectivity index (χ0v) is 21.0. The van der Waals surface area contributed by atoms with Crippen LogP contribution >= 0.6 is 34.5 Å². The minimum absolute atomic E-state index is 0.0202. The molecule has 1 unspecified atom stereocenters. The van der Waals surface area contributed by atoms with Crippen LogP contribution in [0.5, 0.6) is 5.75 Å². The van der Waals surface area contributed by atoms with Crippen LogP contribution in [-0.4, -0.2) is 38.8 Å². The molecule has 1 fully saturated rings. The number of nitro benzene ring substituents is 1. The number of nitrogens with zero attached hydrogens (tertiary/aromatic N) is 4. The molecule has 2 aromatic carbocycles. The molecule has 4 aromatic rings. The predicted molar refractivity (Wildman–Crippen MR) is 138 cm³/mol. The number of thiazole rings is 1. The van der Waals surface area contributed by atoms with E-state index in [0.717, 1.165) is 16.2 Å². The zero-order chi connectivity index (χ0) is 26.4. The van der Waals surface area contributed by atoms with Crippen molar-refractivity contribution >= 4 is 73.0 Å². The van der Waals surface area contributed by atoms with Gasteiger partial charge in [-0.25, -0.2) is 4.98 Å². The second-order valence-corrected chi connectivity index (χ2v) is 9.68. The SMILES string of the molecule is COc1c(Cl)cc(Cl)cc1/C(O)=C1\C(=O)C(=O)N(c2nc3ccc([N+](=O)[O-])cc3s2)C1c1cccnc1. The van der Waals surface area contributed by atoms with Crippen molar-refractivity contribution < 1.29 is 24.4 Å². The second-order valence-electron chi connectivity index (χ2n) is 7.83. The van der Waals surface area contributed by atoms with Crippen LogP contribution in [-0.2, 0) is 9.59 Å². The standard InChI is InChI=1S/C24H14Cl2N4O6S/c1-36-22-14(7-12(25)8-15(22)26)20(31)18-19(11-3-2-6-27-10-11)29(23(33)21(18)32)24-28-16-5-4-13(30(34)35)9-17(16)37-24/h2-10,19,31H,1H3/b20-18+. The van der Waals surface area contributed by atoms with E-state index in [2.05, 4.69) is 9.97 Å². The van der Waals surface area contributed by atoms with Gasteiger partial charge < -0.3 is 9.84 Å². The summed E-state index contributed by atoms with van der Waals surface area (Å²) in [6.07, 6.45) is 2.98. The van der Waals surface area contributed by atoms with Gasteiger partial charge in [-0.2, -0.15) is 0 Å².